The summed E-state index contributed by atoms with van der Waals surface area (Å²) in [5.74, 6) is -2.40. The van der Waals surface area contributed by atoms with E-state index in [1.54, 1.807) is 6.07 Å². The van der Waals surface area contributed by atoms with E-state index in [-0.39, 0.29) is 17.2 Å². The van der Waals surface area contributed by atoms with Crippen LogP contribution in [0.3, 0.4) is 0 Å². The van der Waals surface area contributed by atoms with Crippen LogP contribution in [0.4, 0.5) is 0 Å². The van der Waals surface area contributed by atoms with Crippen molar-refractivity contribution >= 4 is 17.7 Å². The van der Waals surface area contributed by atoms with Gasteiger partial charge in [0.2, 0.25) is 0 Å². The van der Waals surface area contributed by atoms with Gasteiger partial charge in [0.05, 0.1) is 12.7 Å². The van der Waals surface area contributed by atoms with Crippen LogP contribution in [0.25, 0.3) is 0 Å². The highest BCUT2D eigenvalue weighted by molar-refractivity contribution is 6.07. The highest BCUT2D eigenvalue weighted by Gasteiger charge is 2.18. The average molecular weight is 400 g/mol. The number of rotatable bonds is 11. The quantitative estimate of drug-likeness (QED) is 0.293. The van der Waals surface area contributed by atoms with Crippen molar-refractivity contribution < 1.29 is 34.4 Å². The van der Waals surface area contributed by atoms with Gasteiger partial charge in [0.1, 0.15) is 11.5 Å². The lowest BCUT2D eigenvalue weighted by Gasteiger charge is -2.16. The number of benzene rings is 1. The SMILES string of the molecule is COc1cc(C(=O)/C=C/C=C/C=C\C(=O)O)c(O)c([C@H](C)CC/C=C/C(=O)O)c1. The molecule has 0 aliphatic rings. The highest BCUT2D eigenvalue weighted by Crippen LogP contribution is 2.36. The number of hydrogen-bond acceptors (Lipinski definition) is 5. The maximum Gasteiger partial charge on any atom is 0.328 e. The Morgan fingerprint density at radius 2 is 1.62 bits per heavy atom. The molecule has 0 unspecified atom stereocenters. The summed E-state index contributed by atoms with van der Waals surface area (Å²) < 4.78 is 5.23. The van der Waals surface area contributed by atoms with Crippen molar-refractivity contribution in [2.45, 2.75) is 25.7 Å². The topological polar surface area (TPSA) is 121 Å². The first kappa shape index (κ1) is 23.4. The Balaban J connectivity index is 3.00. The molecule has 0 spiro atoms. The first-order valence-corrected chi connectivity index (χ1v) is 8.85. The predicted molar refractivity (Wildman–Crippen MR) is 108 cm³/mol. The number of ketones is 1. The molecule has 0 amide bonds. The fourth-order valence-electron chi connectivity index (χ4n) is 2.50. The fourth-order valence-corrected chi connectivity index (χ4v) is 2.50. The molecule has 0 bridgehead atoms. The van der Waals surface area contributed by atoms with Gasteiger partial charge in [-0.3, -0.25) is 4.79 Å². The summed E-state index contributed by atoms with van der Waals surface area (Å²) in [6, 6.07) is 3.09. The Labute approximate surface area is 168 Å². The third-order valence-electron chi connectivity index (χ3n) is 3.99. The molecule has 154 valence electrons. The normalized spacial score (nSPS) is 12.9. The molecule has 0 radical (unpaired) electrons. The zero-order valence-corrected chi connectivity index (χ0v) is 16.2. The van der Waals surface area contributed by atoms with Gasteiger partial charge in [-0.15, -0.1) is 0 Å². The number of carboxylic acids is 2. The van der Waals surface area contributed by atoms with E-state index >= 15 is 0 Å². The molecule has 7 heteroatoms. The minimum Gasteiger partial charge on any atom is -0.507 e. The van der Waals surface area contributed by atoms with Crippen molar-refractivity contribution in [3.05, 3.63) is 71.9 Å². The van der Waals surface area contributed by atoms with Crippen LogP contribution in [-0.2, 0) is 9.59 Å². The van der Waals surface area contributed by atoms with Crippen LogP contribution in [0.15, 0.2) is 60.7 Å². The minimum atomic E-state index is -1.07. The second kappa shape index (κ2) is 12.0. The summed E-state index contributed by atoms with van der Waals surface area (Å²) in [7, 11) is 1.46. The molecular formula is C22H24O7. The summed E-state index contributed by atoms with van der Waals surface area (Å²) in [5, 5.41) is 27.7. The number of phenolic OH excluding ortho intramolecular Hbond substituents is 1. The molecule has 1 rings (SSSR count). The van der Waals surface area contributed by atoms with Gasteiger partial charge in [0.25, 0.3) is 0 Å². The summed E-state index contributed by atoms with van der Waals surface area (Å²) >= 11 is 0. The van der Waals surface area contributed by atoms with Gasteiger partial charge < -0.3 is 20.1 Å². The van der Waals surface area contributed by atoms with Crippen LogP contribution in [-0.4, -0.2) is 40.2 Å². The number of aliphatic carboxylic acids is 2. The second-order valence-electron chi connectivity index (χ2n) is 6.14. The predicted octanol–water partition coefficient (Wildman–Crippen LogP) is 3.86. The molecule has 1 atom stereocenters. The van der Waals surface area contributed by atoms with E-state index in [1.165, 1.54) is 49.6 Å². The van der Waals surface area contributed by atoms with E-state index in [1.807, 2.05) is 6.92 Å². The lowest BCUT2D eigenvalue weighted by Crippen LogP contribution is -2.02. The number of aromatic hydroxyl groups is 1. The number of carbonyl (C=O) groups is 3. The maximum atomic E-state index is 12.5. The zero-order chi connectivity index (χ0) is 21.8. The lowest BCUT2D eigenvalue weighted by molar-refractivity contribution is -0.132. The molecule has 0 heterocycles. The van der Waals surface area contributed by atoms with Crippen molar-refractivity contribution in [1.29, 1.82) is 0 Å². The van der Waals surface area contributed by atoms with Crippen molar-refractivity contribution in [2.75, 3.05) is 7.11 Å². The van der Waals surface area contributed by atoms with Gasteiger partial charge in [0.15, 0.2) is 5.78 Å². The van der Waals surface area contributed by atoms with Crippen molar-refractivity contribution in [3.63, 3.8) is 0 Å². The number of allylic oxidation sites excluding steroid dienone is 6. The largest absolute Gasteiger partial charge is 0.507 e. The van der Waals surface area contributed by atoms with Crippen molar-refractivity contribution in [2.24, 2.45) is 0 Å². The molecule has 0 aliphatic heterocycles. The van der Waals surface area contributed by atoms with E-state index in [0.29, 0.717) is 24.2 Å². The van der Waals surface area contributed by atoms with Gasteiger partial charge in [-0.05, 0) is 37.0 Å². The number of phenols is 1. The van der Waals surface area contributed by atoms with Crippen LogP contribution in [0.5, 0.6) is 11.5 Å². The fraction of sp³-hybridized carbons (Fsp3) is 0.227. The molecular weight excluding hydrogens is 376 g/mol. The molecule has 0 saturated carbocycles. The van der Waals surface area contributed by atoms with Crippen molar-refractivity contribution in [3.8, 4) is 11.5 Å². The van der Waals surface area contributed by atoms with E-state index < -0.39 is 17.7 Å². The summed E-state index contributed by atoms with van der Waals surface area (Å²) in [6.07, 6.45) is 11.6. The van der Waals surface area contributed by atoms with E-state index in [4.69, 9.17) is 14.9 Å². The number of methoxy groups -OCH3 is 1. The van der Waals surface area contributed by atoms with Crippen LogP contribution >= 0.6 is 0 Å². The van der Waals surface area contributed by atoms with Gasteiger partial charge in [0, 0.05) is 17.7 Å². The Morgan fingerprint density at radius 3 is 2.21 bits per heavy atom. The smallest absolute Gasteiger partial charge is 0.328 e. The number of hydrogen-bond donors (Lipinski definition) is 3. The molecule has 7 nitrogen and oxygen atoms in total. The number of ether oxygens (including phenoxy) is 1. The van der Waals surface area contributed by atoms with E-state index in [0.717, 1.165) is 12.2 Å². The van der Waals surface area contributed by atoms with E-state index in [9.17, 15) is 19.5 Å². The number of carbonyl (C=O) groups excluding carboxylic acids is 1. The van der Waals surface area contributed by atoms with Crippen LogP contribution in [0.1, 0.15) is 41.6 Å². The van der Waals surface area contributed by atoms with Gasteiger partial charge >= 0.3 is 11.9 Å². The molecule has 0 saturated heterocycles. The average Bonchev–Trinajstić information content (AvgIpc) is 2.67. The van der Waals surface area contributed by atoms with Crippen LogP contribution < -0.4 is 4.74 Å². The molecule has 1 aromatic carbocycles. The minimum absolute atomic E-state index is 0.0815. The molecule has 29 heavy (non-hydrogen) atoms. The van der Waals surface area contributed by atoms with Crippen LogP contribution in [0, 0.1) is 0 Å². The van der Waals surface area contributed by atoms with Gasteiger partial charge in [-0.1, -0.05) is 37.3 Å². The second-order valence-corrected chi connectivity index (χ2v) is 6.14. The molecule has 0 aromatic heterocycles. The standard InChI is InChI=1S/C22H24O7/c1-15(9-7-8-12-21(26)27)17-13-16(29-2)14-18(22(17)28)19(23)10-5-3-4-6-11-20(24)25/h3-6,8,10-15,28H,7,9H2,1-2H3,(H,24,25)(H,26,27)/b4-3+,10-5+,11-6-,12-8+/t15-/m1/s1. The highest BCUT2D eigenvalue weighted by atomic mass is 16.5. The number of carboxylic acid groups (broad SMARTS) is 2. The first-order chi connectivity index (χ1) is 13.8. The third kappa shape index (κ3) is 8.30. The molecule has 0 aliphatic carbocycles. The monoisotopic (exact) mass is 400 g/mol. The Morgan fingerprint density at radius 1 is 1.00 bits per heavy atom. The van der Waals surface area contributed by atoms with Crippen molar-refractivity contribution in [1.82, 2.24) is 0 Å². The summed E-state index contributed by atoms with van der Waals surface area (Å²) in [5.41, 5.74) is 0.614. The Bertz CT molecular complexity index is 860. The lowest BCUT2D eigenvalue weighted by atomic mass is 9.92. The molecule has 1 aromatic rings. The summed E-state index contributed by atoms with van der Waals surface area (Å²) in [6.45, 7) is 1.87. The zero-order valence-electron chi connectivity index (χ0n) is 16.2. The Kier molecular flexibility index (Phi) is 9.67. The third-order valence-corrected chi connectivity index (χ3v) is 3.99. The first-order valence-electron chi connectivity index (χ1n) is 8.85. The molecule has 3 N–H and O–H groups in total. The van der Waals surface area contributed by atoms with Crippen LogP contribution in [0.2, 0.25) is 0 Å². The van der Waals surface area contributed by atoms with Gasteiger partial charge in [-0.25, -0.2) is 9.59 Å². The Hall–Kier alpha value is -3.61. The van der Waals surface area contributed by atoms with E-state index in [2.05, 4.69) is 0 Å². The summed E-state index contributed by atoms with van der Waals surface area (Å²) in [4.78, 5) is 33.3. The van der Waals surface area contributed by atoms with Gasteiger partial charge in [-0.2, -0.15) is 0 Å². The maximum absolute atomic E-state index is 12.5. The molecule has 0 fully saturated rings.